The number of aromatic nitrogens is 2. The number of benzene rings is 2. The molecule has 1 aromatic heterocycles. The van der Waals surface area contributed by atoms with Crippen molar-refractivity contribution in [1.82, 2.24) is 14.7 Å². The van der Waals surface area contributed by atoms with Crippen LogP contribution in [0.2, 0.25) is 10.0 Å². The second kappa shape index (κ2) is 8.01. The van der Waals surface area contributed by atoms with Crippen molar-refractivity contribution in [3.8, 4) is 16.9 Å². The molecule has 0 saturated carbocycles. The highest BCUT2D eigenvalue weighted by Gasteiger charge is 2.44. The standard InChI is InChI=1S/C22H19Cl2F3N4O/c1-21(2)11-28-17-18(20(32)30(21)12-22(25,26)27)29-31(16-6-4-3-5-15(16)24)19(17)13-7-9-14(23)10-8-13/h3-10,28H,11-12H2,1-2H3. The number of carbonyl (C=O) groups excluding carboxylic acids is 1. The highest BCUT2D eigenvalue weighted by molar-refractivity contribution is 6.32. The predicted octanol–water partition coefficient (Wildman–Crippen LogP) is 6.05. The second-order valence-electron chi connectivity index (χ2n) is 8.11. The molecule has 3 aromatic rings. The average molecular weight is 483 g/mol. The van der Waals surface area contributed by atoms with Gasteiger partial charge >= 0.3 is 6.18 Å². The van der Waals surface area contributed by atoms with E-state index in [0.29, 0.717) is 32.7 Å². The number of halogens is 5. The topological polar surface area (TPSA) is 50.2 Å². The van der Waals surface area contributed by atoms with E-state index in [0.717, 1.165) is 4.90 Å². The van der Waals surface area contributed by atoms with Crippen molar-refractivity contribution in [2.45, 2.75) is 25.6 Å². The Balaban J connectivity index is 1.96. The minimum atomic E-state index is -4.55. The Bertz CT molecular complexity index is 1170. The number of hydrogen-bond acceptors (Lipinski definition) is 3. The van der Waals surface area contributed by atoms with Crippen LogP contribution in [0.1, 0.15) is 24.3 Å². The molecule has 1 aliphatic rings. The van der Waals surface area contributed by atoms with Crippen LogP contribution in [0.3, 0.4) is 0 Å². The summed E-state index contributed by atoms with van der Waals surface area (Å²) in [5.74, 6) is -0.812. The molecular formula is C22H19Cl2F3N4O. The van der Waals surface area contributed by atoms with E-state index < -0.39 is 24.2 Å². The number of fused-ring (bicyclic) bond motifs is 1. The van der Waals surface area contributed by atoms with Gasteiger partial charge in [-0.25, -0.2) is 4.68 Å². The predicted molar refractivity (Wildman–Crippen MR) is 119 cm³/mol. The molecule has 0 aliphatic carbocycles. The van der Waals surface area contributed by atoms with Crippen molar-refractivity contribution in [2.24, 2.45) is 0 Å². The number of rotatable bonds is 3. The summed E-state index contributed by atoms with van der Waals surface area (Å²) in [6.45, 7) is 1.88. The largest absolute Gasteiger partial charge is 0.406 e. The number of nitrogens with one attached hydrogen (secondary N) is 1. The van der Waals surface area contributed by atoms with Crippen molar-refractivity contribution >= 4 is 34.8 Å². The van der Waals surface area contributed by atoms with Crippen LogP contribution >= 0.6 is 23.2 Å². The lowest BCUT2D eigenvalue weighted by molar-refractivity contribution is -0.148. The van der Waals surface area contributed by atoms with Gasteiger partial charge in [-0.2, -0.15) is 18.3 Å². The fourth-order valence-corrected chi connectivity index (χ4v) is 4.02. The van der Waals surface area contributed by atoms with E-state index >= 15 is 0 Å². The molecule has 32 heavy (non-hydrogen) atoms. The summed E-state index contributed by atoms with van der Waals surface area (Å²) in [5.41, 5.74) is 0.795. The van der Waals surface area contributed by atoms with Crippen LogP contribution in [0.15, 0.2) is 48.5 Å². The van der Waals surface area contributed by atoms with Crippen molar-refractivity contribution in [3.05, 3.63) is 64.3 Å². The van der Waals surface area contributed by atoms with Crippen LogP contribution in [0.4, 0.5) is 18.9 Å². The molecule has 2 aromatic carbocycles. The number of alkyl halides is 3. The molecule has 0 atom stereocenters. The zero-order chi connectivity index (χ0) is 23.3. The van der Waals surface area contributed by atoms with Gasteiger partial charge in [-0.1, -0.05) is 47.5 Å². The number of para-hydroxylation sites is 1. The second-order valence-corrected chi connectivity index (χ2v) is 8.96. The first-order valence-electron chi connectivity index (χ1n) is 9.74. The van der Waals surface area contributed by atoms with E-state index in [1.54, 1.807) is 62.4 Å². The van der Waals surface area contributed by atoms with Gasteiger partial charge in [0.25, 0.3) is 5.91 Å². The first-order chi connectivity index (χ1) is 15.0. The zero-order valence-corrected chi connectivity index (χ0v) is 18.7. The zero-order valence-electron chi connectivity index (χ0n) is 17.2. The Hall–Kier alpha value is -2.71. The number of anilines is 1. The molecule has 0 unspecified atom stereocenters. The lowest BCUT2D eigenvalue weighted by Gasteiger charge is -2.37. The van der Waals surface area contributed by atoms with E-state index in [2.05, 4.69) is 10.4 Å². The summed E-state index contributed by atoms with van der Waals surface area (Å²) in [4.78, 5) is 14.2. The van der Waals surface area contributed by atoms with Crippen LogP contribution in [-0.4, -0.2) is 45.4 Å². The molecule has 4 rings (SSSR count). The maximum absolute atomic E-state index is 13.4. The molecule has 1 aliphatic heterocycles. The van der Waals surface area contributed by atoms with Crippen LogP contribution in [-0.2, 0) is 0 Å². The number of carbonyl (C=O) groups is 1. The lowest BCUT2D eigenvalue weighted by atomic mass is 10.0. The fourth-order valence-electron chi connectivity index (χ4n) is 3.68. The highest BCUT2D eigenvalue weighted by atomic mass is 35.5. The smallest absolute Gasteiger partial charge is 0.379 e. The fraction of sp³-hybridized carbons (Fsp3) is 0.273. The van der Waals surface area contributed by atoms with Crippen molar-refractivity contribution < 1.29 is 18.0 Å². The van der Waals surface area contributed by atoms with Gasteiger partial charge in [0.1, 0.15) is 6.54 Å². The highest BCUT2D eigenvalue weighted by Crippen LogP contribution is 2.39. The van der Waals surface area contributed by atoms with E-state index in [1.165, 1.54) is 4.68 Å². The molecule has 5 nitrogen and oxygen atoms in total. The average Bonchev–Trinajstić information content (AvgIpc) is 3.06. The van der Waals surface area contributed by atoms with Crippen LogP contribution in [0, 0.1) is 0 Å². The summed E-state index contributed by atoms with van der Waals surface area (Å²) >= 11 is 12.4. The maximum Gasteiger partial charge on any atom is 0.406 e. The first kappa shape index (κ1) is 22.5. The molecule has 0 spiro atoms. The van der Waals surface area contributed by atoms with Gasteiger partial charge in [0.15, 0.2) is 5.69 Å². The molecule has 1 amide bonds. The number of hydrogen-bond donors (Lipinski definition) is 1. The molecular weight excluding hydrogens is 464 g/mol. The van der Waals surface area contributed by atoms with Gasteiger partial charge in [-0.3, -0.25) is 4.79 Å². The van der Waals surface area contributed by atoms with Crippen LogP contribution in [0.25, 0.3) is 16.9 Å². The van der Waals surface area contributed by atoms with Gasteiger partial charge in [0.2, 0.25) is 0 Å². The van der Waals surface area contributed by atoms with Gasteiger partial charge < -0.3 is 10.2 Å². The molecule has 0 radical (unpaired) electrons. The summed E-state index contributed by atoms with van der Waals surface area (Å²) in [6, 6.07) is 13.8. The van der Waals surface area contributed by atoms with Gasteiger partial charge in [-0.05, 0) is 38.1 Å². The Labute approximate surface area is 192 Å². The monoisotopic (exact) mass is 482 g/mol. The third-order valence-corrected chi connectivity index (χ3v) is 5.87. The number of nitrogens with zero attached hydrogens (tertiary/aromatic N) is 3. The minimum Gasteiger partial charge on any atom is -0.379 e. The Morgan fingerprint density at radius 2 is 1.75 bits per heavy atom. The molecule has 0 saturated heterocycles. The van der Waals surface area contributed by atoms with E-state index in [-0.39, 0.29) is 12.2 Å². The molecule has 168 valence electrons. The Kier molecular flexibility index (Phi) is 5.63. The lowest BCUT2D eigenvalue weighted by Crippen LogP contribution is -2.53. The van der Waals surface area contributed by atoms with Gasteiger partial charge in [0.05, 0.1) is 27.6 Å². The summed E-state index contributed by atoms with van der Waals surface area (Å²) in [7, 11) is 0. The maximum atomic E-state index is 13.4. The first-order valence-corrected chi connectivity index (χ1v) is 10.5. The van der Waals surface area contributed by atoms with E-state index in [9.17, 15) is 18.0 Å². The number of amides is 1. The van der Waals surface area contributed by atoms with Crippen LogP contribution in [0.5, 0.6) is 0 Å². The third-order valence-electron chi connectivity index (χ3n) is 5.30. The molecule has 0 bridgehead atoms. The van der Waals surface area contributed by atoms with Crippen molar-refractivity contribution in [2.75, 3.05) is 18.4 Å². The third kappa shape index (κ3) is 4.17. The SMILES string of the molecule is CC1(C)CNc2c(nn(-c3ccccc3Cl)c2-c2ccc(Cl)cc2)C(=O)N1CC(F)(F)F. The van der Waals surface area contributed by atoms with Gasteiger partial charge in [0, 0.05) is 17.1 Å². The molecule has 0 fully saturated rings. The quantitative estimate of drug-likeness (QED) is 0.493. The van der Waals surface area contributed by atoms with E-state index in [1.807, 2.05) is 0 Å². The van der Waals surface area contributed by atoms with Crippen LogP contribution < -0.4 is 5.32 Å². The molecule has 10 heteroatoms. The Morgan fingerprint density at radius 3 is 2.38 bits per heavy atom. The van der Waals surface area contributed by atoms with Crippen molar-refractivity contribution in [3.63, 3.8) is 0 Å². The molecule has 2 heterocycles. The Morgan fingerprint density at radius 1 is 1.09 bits per heavy atom. The van der Waals surface area contributed by atoms with Crippen molar-refractivity contribution in [1.29, 1.82) is 0 Å². The minimum absolute atomic E-state index is 0.0939. The summed E-state index contributed by atoms with van der Waals surface area (Å²) in [5, 5.41) is 8.50. The summed E-state index contributed by atoms with van der Waals surface area (Å²) < 4.78 is 41.4. The normalized spacial score (nSPS) is 15.8. The van der Waals surface area contributed by atoms with Gasteiger partial charge in [-0.15, -0.1) is 0 Å². The van der Waals surface area contributed by atoms with E-state index in [4.69, 9.17) is 23.2 Å². The summed E-state index contributed by atoms with van der Waals surface area (Å²) in [6.07, 6.45) is -4.55. The molecule has 1 N–H and O–H groups in total.